The second-order valence-corrected chi connectivity index (χ2v) is 6.82. The number of nitrogens with zero attached hydrogens (tertiary/aromatic N) is 1. The molecule has 2 atom stereocenters. The van der Waals surface area contributed by atoms with Crippen LogP contribution in [0.1, 0.15) is 19.3 Å². The fourth-order valence-electron chi connectivity index (χ4n) is 2.34. The van der Waals surface area contributed by atoms with E-state index >= 15 is 0 Å². The van der Waals surface area contributed by atoms with Crippen LogP contribution in [0.2, 0.25) is 0 Å². The second-order valence-electron chi connectivity index (χ2n) is 5.06. The Morgan fingerprint density at radius 1 is 1.43 bits per heavy atom. The highest BCUT2D eigenvalue weighted by atomic mass is 32.2. The molecule has 1 fully saturated rings. The monoisotopic (exact) mass is 318 g/mol. The fourth-order valence-corrected chi connectivity index (χ4v) is 3.48. The van der Waals surface area contributed by atoms with Crippen molar-refractivity contribution in [1.82, 2.24) is 4.72 Å². The van der Waals surface area contributed by atoms with E-state index < -0.39 is 32.6 Å². The van der Waals surface area contributed by atoms with E-state index in [1.54, 1.807) is 0 Å². The molecule has 0 amide bonds. The van der Waals surface area contributed by atoms with Gasteiger partial charge in [0.15, 0.2) is 0 Å². The minimum atomic E-state index is -3.94. The second kappa shape index (κ2) is 6.04. The number of rotatable bonds is 5. The minimum Gasteiger partial charge on any atom is -0.393 e. The molecular weight excluding hydrogens is 303 g/mol. The minimum absolute atomic E-state index is 0.0326. The van der Waals surface area contributed by atoms with Crippen molar-refractivity contribution < 1.29 is 22.8 Å². The van der Waals surface area contributed by atoms with Gasteiger partial charge in [-0.05, 0) is 37.3 Å². The molecule has 1 aromatic carbocycles. The molecule has 0 aromatic heterocycles. The first-order valence-electron chi connectivity index (χ1n) is 6.41. The Morgan fingerprint density at radius 2 is 2.14 bits per heavy atom. The third-order valence-corrected chi connectivity index (χ3v) is 4.92. The summed E-state index contributed by atoms with van der Waals surface area (Å²) in [6, 6.07) is 2.43. The summed E-state index contributed by atoms with van der Waals surface area (Å²) in [6.45, 7) is 0.143. The molecule has 0 radical (unpaired) electrons. The van der Waals surface area contributed by atoms with Gasteiger partial charge in [0.1, 0.15) is 0 Å². The lowest BCUT2D eigenvalue weighted by Crippen LogP contribution is -2.29. The lowest BCUT2D eigenvalue weighted by atomic mass is 10.1. The van der Waals surface area contributed by atoms with Gasteiger partial charge in [0, 0.05) is 12.6 Å². The number of benzene rings is 1. The van der Waals surface area contributed by atoms with Gasteiger partial charge in [-0.2, -0.15) is 4.39 Å². The zero-order chi connectivity index (χ0) is 15.6. The molecule has 9 heteroatoms. The molecule has 1 aliphatic carbocycles. The number of aliphatic hydroxyl groups is 1. The molecule has 0 saturated heterocycles. The standard InChI is InChI=1S/C12H15FN2O5S/c13-11-4-3-10(6-12(11)15(17)18)21(19,20)14-7-8-1-2-9(16)5-8/h3-4,6,8-9,14,16H,1-2,5,7H2. The van der Waals surface area contributed by atoms with E-state index in [9.17, 15) is 28.0 Å². The summed E-state index contributed by atoms with van der Waals surface area (Å²) in [7, 11) is -3.94. The van der Waals surface area contributed by atoms with E-state index in [1.165, 1.54) is 0 Å². The topological polar surface area (TPSA) is 110 Å². The number of halogens is 1. The molecule has 2 unspecified atom stereocenters. The van der Waals surface area contributed by atoms with Gasteiger partial charge in [-0.3, -0.25) is 10.1 Å². The van der Waals surface area contributed by atoms with Crippen molar-refractivity contribution in [3.63, 3.8) is 0 Å². The lowest BCUT2D eigenvalue weighted by molar-refractivity contribution is -0.387. The largest absolute Gasteiger partial charge is 0.393 e. The summed E-state index contributed by atoms with van der Waals surface area (Å²) < 4.78 is 39.6. The van der Waals surface area contributed by atoms with E-state index in [0.717, 1.165) is 12.1 Å². The highest BCUT2D eigenvalue weighted by Crippen LogP contribution is 2.26. The summed E-state index contributed by atoms with van der Waals surface area (Å²) >= 11 is 0. The van der Waals surface area contributed by atoms with Crippen molar-refractivity contribution >= 4 is 15.7 Å². The zero-order valence-electron chi connectivity index (χ0n) is 11.0. The molecule has 1 aliphatic rings. The normalized spacial score (nSPS) is 22.4. The van der Waals surface area contributed by atoms with Crippen LogP contribution in [0, 0.1) is 21.8 Å². The number of nitrogens with one attached hydrogen (secondary N) is 1. The molecular formula is C12H15FN2O5S. The van der Waals surface area contributed by atoms with Crippen LogP contribution in [0.25, 0.3) is 0 Å². The van der Waals surface area contributed by atoms with Crippen LogP contribution in [0.5, 0.6) is 0 Å². The van der Waals surface area contributed by atoms with Gasteiger partial charge in [0.2, 0.25) is 15.8 Å². The summed E-state index contributed by atoms with van der Waals surface area (Å²) in [4.78, 5) is 9.30. The lowest BCUT2D eigenvalue weighted by Gasteiger charge is -2.11. The van der Waals surface area contributed by atoms with Gasteiger partial charge >= 0.3 is 5.69 Å². The highest BCUT2D eigenvalue weighted by Gasteiger charge is 2.26. The molecule has 1 aromatic rings. The number of sulfonamides is 1. The van der Waals surface area contributed by atoms with Crippen LogP contribution in [0.15, 0.2) is 23.1 Å². The first kappa shape index (κ1) is 15.8. The average Bonchev–Trinajstić information content (AvgIpc) is 2.82. The predicted molar refractivity (Wildman–Crippen MR) is 71.6 cm³/mol. The van der Waals surface area contributed by atoms with Gasteiger partial charge in [-0.1, -0.05) is 0 Å². The van der Waals surface area contributed by atoms with Crippen molar-refractivity contribution in [1.29, 1.82) is 0 Å². The molecule has 1 saturated carbocycles. The van der Waals surface area contributed by atoms with E-state index in [2.05, 4.69) is 4.72 Å². The molecule has 116 valence electrons. The van der Waals surface area contributed by atoms with Crippen molar-refractivity contribution in [3.05, 3.63) is 34.1 Å². The Kier molecular flexibility index (Phi) is 4.55. The van der Waals surface area contributed by atoms with Crippen LogP contribution >= 0.6 is 0 Å². The molecule has 2 N–H and O–H groups in total. The molecule has 2 rings (SSSR count). The molecule has 0 heterocycles. The fraction of sp³-hybridized carbons (Fsp3) is 0.500. The van der Waals surface area contributed by atoms with E-state index in [0.29, 0.717) is 25.3 Å². The maximum absolute atomic E-state index is 13.2. The molecule has 21 heavy (non-hydrogen) atoms. The Morgan fingerprint density at radius 3 is 2.71 bits per heavy atom. The number of aliphatic hydroxyl groups excluding tert-OH is 1. The van der Waals surface area contributed by atoms with Crippen LogP contribution in [0.3, 0.4) is 0 Å². The molecule has 0 aliphatic heterocycles. The van der Waals surface area contributed by atoms with Crippen molar-refractivity contribution in [2.24, 2.45) is 5.92 Å². The van der Waals surface area contributed by atoms with E-state index in [4.69, 9.17) is 0 Å². The van der Waals surface area contributed by atoms with Crippen LogP contribution < -0.4 is 4.72 Å². The van der Waals surface area contributed by atoms with Crippen LogP contribution in [-0.4, -0.2) is 31.1 Å². The Balaban J connectivity index is 2.12. The maximum atomic E-state index is 13.2. The van der Waals surface area contributed by atoms with E-state index in [1.807, 2.05) is 0 Å². The average molecular weight is 318 g/mol. The molecule has 0 spiro atoms. The first-order chi connectivity index (χ1) is 9.79. The molecule has 0 bridgehead atoms. The number of hydrogen-bond acceptors (Lipinski definition) is 5. The zero-order valence-corrected chi connectivity index (χ0v) is 11.8. The van der Waals surface area contributed by atoms with Gasteiger partial charge < -0.3 is 5.11 Å². The molecule has 7 nitrogen and oxygen atoms in total. The Labute approximate surface area is 121 Å². The third kappa shape index (κ3) is 3.74. The van der Waals surface area contributed by atoms with Gasteiger partial charge in [-0.15, -0.1) is 0 Å². The maximum Gasteiger partial charge on any atom is 0.306 e. The number of nitro groups is 1. The van der Waals surface area contributed by atoms with Crippen LogP contribution in [-0.2, 0) is 10.0 Å². The summed E-state index contributed by atoms with van der Waals surface area (Å²) in [6.07, 6.45) is 1.46. The number of nitro benzene ring substituents is 1. The SMILES string of the molecule is O=[N+]([O-])c1cc(S(=O)(=O)NCC2CCC(O)C2)ccc1F. The van der Waals surface area contributed by atoms with Crippen molar-refractivity contribution in [2.75, 3.05) is 6.54 Å². The third-order valence-electron chi connectivity index (χ3n) is 3.50. The van der Waals surface area contributed by atoms with Crippen LogP contribution in [0.4, 0.5) is 10.1 Å². The van der Waals surface area contributed by atoms with Gasteiger partial charge in [0.05, 0.1) is 15.9 Å². The summed E-state index contributed by atoms with van der Waals surface area (Å²) in [5.74, 6) is -1.05. The smallest absolute Gasteiger partial charge is 0.306 e. The van der Waals surface area contributed by atoms with Crippen molar-refractivity contribution in [2.45, 2.75) is 30.3 Å². The quantitative estimate of drug-likeness (QED) is 0.625. The highest BCUT2D eigenvalue weighted by molar-refractivity contribution is 7.89. The number of hydrogen-bond donors (Lipinski definition) is 2. The summed E-state index contributed by atoms with van der Waals surface area (Å²) in [5, 5.41) is 20.0. The van der Waals surface area contributed by atoms with Gasteiger partial charge in [-0.25, -0.2) is 13.1 Å². The van der Waals surface area contributed by atoms with E-state index in [-0.39, 0.29) is 17.4 Å². The Bertz CT molecular complexity index is 649. The Hall–Kier alpha value is -1.58. The first-order valence-corrected chi connectivity index (χ1v) is 7.89. The van der Waals surface area contributed by atoms with Crippen molar-refractivity contribution in [3.8, 4) is 0 Å². The van der Waals surface area contributed by atoms with Gasteiger partial charge in [0.25, 0.3) is 0 Å². The summed E-state index contributed by atoms with van der Waals surface area (Å²) in [5.41, 5.74) is -0.880. The predicted octanol–water partition coefficient (Wildman–Crippen LogP) is 1.17.